The Morgan fingerprint density at radius 1 is 1.29 bits per heavy atom. The van der Waals surface area contributed by atoms with Gasteiger partial charge in [-0.25, -0.2) is 18.8 Å². The smallest absolute Gasteiger partial charge is 0.191 e. The van der Waals surface area contributed by atoms with Crippen LogP contribution in [0.25, 0.3) is 0 Å². The van der Waals surface area contributed by atoms with Crippen LogP contribution in [0.3, 0.4) is 0 Å². The Labute approximate surface area is 144 Å². The first-order valence-electron chi connectivity index (χ1n) is 7.57. The molecule has 2 N–H and O–H groups in total. The first kappa shape index (κ1) is 18.1. The summed E-state index contributed by atoms with van der Waals surface area (Å²) < 4.78 is 26.8. The van der Waals surface area contributed by atoms with Crippen LogP contribution in [0.2, 0.25) is 0 Å². The van der Waals surface area contributed by atoms with Gasteiger partial charge in [0.05, 0.1) is 18.8 Å². The highest BCUT2D eigenvalue weighted by Gasteiger charge is 2.06. The highest BCUT2D eigenvalue weighted by molar-refractivity contribution is 7.13. The third kappa shape index (κ3) is 5.16. The van der Waals surface area contributed by atoms with Crippen molar-refractivity contribution in [1.29, 1.82) is 0 Å². The van der Waals surface area contributed by atoms with Crippen molar-refractivity contribution in [2.45, 2.75) is 20.0 Å². The molecule has 2 rings (SSSR count). The molecule has 0 unspecified atom stereocenters. The van der Waals surface area contributed by atoms with Crippen LogP contribution in [-0.4, -0.2) is 31.6 Å². The fourth-order valence-corrected chi connectivity index (χ4v) is 2.69. The molecule has 130 valence electrons. The number of anilines is 1. The molecule has 0 fully saturated rings. The second-order valence-electron chi connectivity index (χ2n) is 5.30. The van der Waals surface area contributed by atoms with Crippen molar-refractivity contribution in [2.75, 3.05) is 25.5 Å². The zero-order chi connectivity index (χ0) is 17.5. The van der Waals surface area contributed by atoms with E-state index in [2.05, 4.69) is 20.6 Å². The molecule has 0 aliphatic heterocycles. The van der Waals surface area contributed by atoms with Gasteiger partial charge in [-0.15, -0.1) is 11.3 Å². The average molecular weight is 353 g/mol. The molecule has 0 radical (unpaired) electrons. The van der Waals surface area contributed by atoms with Crippen molar-refractivity contribution in [3.05, 3.63) is 46.5 Å². The summed E-state index contributed by atoms with van der Waals surface area (Å²) in [6.45, 7) is 3.16. The van der Waals surface area contributed by atoms with Crippen LogP contribution in [0.15, 0.2) is 28.6 Å². The molecule has 1 aromatic carbocycles. The second-order valence-corrected chi connectivity index (χ2v) is 6.14. The Bertz CT molecular complexity index is 700. The number of aromatic nitrogens is 1. The minimum atomic E-state index is -0.474. The number of guanidine groups is 1. The minimum absolute atomic E-state index is 0.0545. The standard InChI is InChI=1S/C16H21F2N5S/c1-4-19-15(20-8-11-7-12(17)5-6-14(11)18)21-9-13-10-24-16(22-13)23(2)3/h5-7,10H,4,8-9H2,1-3H3,(H2,19,20,21). The summed E-state index contributed by atoms with van der Waals surface area (Å²) in [4.78, 5) is 10.7. The molecular weight excluding hydrogens is 332 g/mol. The number of nitrogens with one attached hydrogen (secondary N) is 2. The predicted molar refractivity (Wildman–Crippen MR) is 94.5 cm³/mol. The van der Waals surface area contributed by atoms with E-state index in [0.29, 0.717) is 19.0 Å². The van der Waals surface area contributed by atoms with Crippen molar-refractivity contribution >= 4 is 22.4 Å². The van der Waals surface area contributed by atoms with Crippen molar-refractivity contribution in [2.24, 2.45) is 4.99 Å². The minimum Gasteiger partial charge on any atom is -0.357 e. The quantitative estimate of drug-likeness (QED) is 0.619. The van der Waals surface area contributed by atoms with Crippen LogP contribution < -0.4 is 15.5 Å². The molecule has 0 aliphatic rings. The van der Waals surface area contributed by atoms with Crippen molar-refractivity contribution in [3.63, 3.8) is 0 Å². The largest absolute Gasteiger partial charge is 0.357 e. The maximum absolute atomic E-state index is 13.6. The molecule has 5 nitrogen and oxygen atoms in total. The van der Waals surface area contributed by atoms with E-state index in [1.165, 1.54) is 0 Å². The predicted octanol–water partition coefficient (Wildman–Crippen LogP) is 2.74. The number of hydrogen-bond acceptors (Lipinski definition) is 4. The molecule has 0 amide bonds. The number of thiazole rings is 1. The van der Waals surface area contributed by atoms with Crippen LogP contribution in [0, 0.1) is 11.6 Å². The van der Waals surface area contributed by atoms with Gasteiger partial charge in [0.15, 0.2) is 11.1 Å². The first-order valence-corrected chi connectivity index (χ1v) is 8.45. The van der Waals surface area contributed by atoms with E-state index in [4.69, 9.17) is 0 Å². The fourth-order valence-electron chi connectivity index (χ4n) is 1.93. The van der Waals surface area contributed by atoms with Gasteiger partial charge in [-0.3, -0.25) is 0 Å². The third-order valence-electron chi connectivity index (χ3n) is 3.12. The Morgan fingerprint density at radius 2 is 2.08 bits per heavy atom. The summed E-state index contributed by atoms with van der Waals surface area (Å²) in [5.41, 5.74) is 1.11. The number of nitrogens with zero attached hydrogens (tertiary/aromatic N) is 3. The van der Waals surface area contributed by atoms with Crippen molar-refractivity contribution in [3.8, 4) is 0 Å². The second kappa shape index (κ2) is 8.58. The number of hydrogen-bond donors (Lipinski definition) is 2. The number of benzene rings is 1. The van der Waals surface area contributed by atoms with Crippen molar-refractivity contribution < 1.29 is 8.78 Å². The topological polar surface area (TPSA) is 52.6 Å². The van der Waals surface area contributed by atoms with Gasteiger partial charge in [0, 0.05) is 31.6 Å². The Hall–Kier alpha value is -2.22. The molecule has 0 aliphatic carbocycles. The molecule has 0 bridgehead atoms. The average Bonchev–Trinajstić information content (AvgIpc) is 3.02. The molecule has 0 saturated carbocycles. The maximum Gasteiger partial charge on any atom is 0.191 e. The summed E-state index contributed by atoms with van der Waals surface area (Å²) in [7, 11) is 3.88. The van der Waals surface area contributed by atoms with Crippen LogP contribution >= 0.6 is 11.3 Å². The molecule has 0 saturated heterocycles. The maximum atomic E-state index is 13.6. The van der Waals surface area contributed by atoms with Gasteiger partial charge in [-0.2, -0.15) is 0 Å². The van der Waals surface area contributed by atoms with E-state index in [0.717, 1.165) is 29.0 Å². The van der Waals surface area contributed by atoms with Crippen LogP contribution in [0.5, 0.6) is 0 Å². The van der Waals surface area contributed by atoms with Gasteiger partial charge in [0.1, 0.15) is 11.6 Å². The third-order valence-corrected chi connectivity index (χ3v) is 4.18. The van der Waals surface area contributed by atoms with E-state index < -0.39 is 11.6 Å². The number of rotatable bonds is 6. The SMILES string of the molecule is CCNC(=NCc1cc(F)ccc1F)NCc1csc(N(C)C)n1. The van der Waals surface area contributed by atoms with Crippen LogP contribution in [-0.2, 0) is 13.1 Å². The molecule has 24 heavy (non-hydrogen) atoms. The molecule has 1 aromatic heterocycles. The van der Waals surface area contributed by atoms with Crippen LogP contribution in [0.4, 0.5) is 13.9 Å². The monoisotopic (exact) mass is 353 g/mol. The van der Waals surface area contributed by atoms with E-state index in [1.54, 1.807) is 11.3 Å². The zero-order valence-electron chi connectivity index (χ0n) is 13.9. The summed E-state index contributed by atoms with van der Waals surface area (Å²) >= 11 is 1.56. The summed E-state index contributed by atoms with van der Waals surface area (Å²) in [5.74, 6) is -0.412. The van der Waals surface area contributed by atoms with Gasteiger partial charge in [-0.05, 0) is 25.1 Å². The lowest BCUT2D eigenvalue weighted by molar-refractivity contribution is 0.585. The lowest BCUT2D eigenvalue weighted by atomic mass is 10.2. The van der Waals surface area contributed by atoms with Gasteiger partial charge < -0.3 is 15.5 Å². The first-order chi connectivity index (χ1) is 11.5. The number of halogens is 2. The van der Waals surface area contributed by atoms with E-state index in [9.17, 15) is 8.78 Å². The Kier molecular flexibility index (Phi) is 6.48. The molecular formula is C16H21F2N5S. The fraction of sp³-hybridized carbons (Fsp3) is 0.375. The summed E-state index contributed by atoms with van der Waals surface area (Å²) in [6.07, 6.45) is 0. The molecule has 8 heteroatoms. The van der Waals surface area contributed by atoms with Gasteiger partial charge in [0.2, 0.25) is 0 Å². The van der Waals surface area contributed by atoms with Crippen molar-refractivity contribution in [1.82, 2.24) is 15.6 Å². The molecule has 0 spiro atoms. The van der Waals surface area contributed by atoms with Gasteiger partial charge >= 0.3 is 0 Å². The highest BCUT2D eigenvalue weighted by atomic mass is 32.1. The molecule has 2 aromatic rings. The van der Waals surface area contributed by atoms with Gasteiger partial charge in [0.25, 0.3) is 0 Å². The van der Waals surface area contributed by atoms with E-state index in [1.807, 2.05) is 31.3 Å². The van der Waals surface area contributed by atoms with E-state index >= 15 is 0 Å². The Morgan fingerprint density at radius 3 is 2.75 bits per heavy atom. The normalized spacial score (nSPS) is 11.5. The summed E-state index contributed by atoms with van der Waals surface area (Å²) in [6, 6.07) is 3.36. The molecule has 0 atom stereocenters. The van der Waals surface area contributed by atoms with Crippen LogP contribution in [0.1, 0.15) is 18.2 Å². The van der Waals surface area contributed by atoms with E-state index in [-0.39, 0.29) is 12.1 Å². The molecule has 1 heterocycles. The lowest BCUT2D eigenvalue weighted by Crippen LogP contribution is -2.36. The lowest BCUT2D eigenvalue weighted by Gasteiger charge is -2.10. The highest BCUT2D eigenvalue weighted by Crippen LogP contribution is 2.17. The zero-order valence-corrected chi connectivity index (χ0v) is 14.8. The van der Waals surface area contributed by atoms with Gasteiger partial charge in [-0.1, -0.05) is 0 Å². The Balaban J connectivity index is 2.01. The number of aliphatic imine (C=N–C) groups is 1. The summed E-state index contributed by atoms with van der Waals surface area (Å²) in [5, 5.41) is 9.11.